The van der Waals surface area contributed by atoms with Crippen molar-refractivity contribution in [3.63, 3.8) is 0 Å². The predicted molar refractivity (Wildman–Crippen MR) is 86.2 cm³/mol. The molecule has 0 aromatic carbocycles. The van der Waals surface area contributed by atoms with E-state index in [0.717, 1.165) is 17.8 Å². The molecule has 2 amide bonds. The van der Waals surface area contributed by atoms with E-state index in [0.29, 0.717) is 37.6 Å². The molecule has 3 rings (SSSR count). The lowest BCUT2D eigenvalue weighted by Crippen LogP contribution is -2.43. The van der Waals surface area contributed by atoms with Gasteiger partial charge in [-0.25, -0.2) is 0 Å². The SMILES string of the molecule is CCCc1nnc(N2CC(C(=O)N3CCC(O)CC3)CC2=O)s1. The van der Waals surface area contributed by atoms with E-state index in [9.17, 15) is 14.7 Å². The molecule has 8 heteroatoms. The second-order valence-corrected chi connectivity index (χ2v) is 7.23. The van der Waals surface area contributed by atoms with Crippen molar-refractivity contribution in [2.24, 2.45) is 5.92 Å². The molecule has 0 bridgehead atoms. The fourth-order valence-electron chi connectivity index (χ4n) is 3.07. The average Bonchev–Trinajstić information content (AvgIpc) is 3.14. The van der Waals surface area contributed by atoms with Crippen molar-refractivity contribution in [1.82, 2.24) is 15.1 Å². The number of aryl methyl sites for hydroxylation is 1. The van der Waals surface area contributed by atoms with E-state index in [-0.39, 0.29) is 30.3 Å². The van der Waals surface area contributed by atoms with Gasteiger partial charge in [-0.15, -0.1) is 10.2 Å². The fraction of sp³-hybridized carbons (Fsp3) is 0.733. The molecule has 0 spiro atoms. The third-order valence-corrected chi connectivity index (χ3v) is 5.41. The molecular weight excluding hydrogens is 316 g/mol. The number of hydrogen-bond acceptors (Lipinski definition) is 6. The molecule has 1 aromatic heterocycles. The third-order valence-electron chi connectivity index (χ3n) is 4.40. The monoisotopic (exact) mass is 338 g/mol. The maximum Gasteiger partial charge on any atom is 0.229 e. The number of aliphatic hydroxyl groups is 1. The molecule has 3 heterocycles. The van der Waals surface area contributed by atoms with E-state index < -0.39 is 0 Å². The van der Waals surface area contributed by atoms with Crippen LogP contribution >= 0.6 is 11.3 Å². The highest BCUT2D eigenvalue weighted by atomic mass is 32.1. The summed E-state index contributed by atoms with van der Waals surface area (Å²) >= 11 is 1.43. The second-order valence-electron chi connectivity index (χ2n) is 6.19. The number of piperidine rings is 1. The van der Waals surface area contributed by atoms with Crippen LogP contribution in [0.2, 0.25) is 0 Å². The van der Waals surface area contributed by atoms with Gasteiger partial charge in [0.2, 0.25) is 16.9 Å². The molecule has 2 aliphatic heterocycles. The van der Waals surface area contributed by atoms with Crippen LogP contribution < -0.4 is 4.90 Å². The van der Waals surface area contributed by atoms with Crippen LogP contribution in [-0.4, -0.2) is 57.8 Å². The van der Waals surface area contributed by atoms with E-state index in [1.807, 2.05) is 0 Å². The lowest BCUT2D eigenvalue weighted by atomic mass is 10.0. The Morgan fingerprint density at radius 1 is 1.35 bits per heavy atom. The molecule has 1 N–H and O–H groups in total. The topological polar surface area (TPSA) is 86.6 Å². The van der Waals surface area contributed by atoms with Crippen molar-refractivity contribution in [3.05, 3.63) is 5.01 Å². The Morgan fingerprint density at radius 3 is 2.78 bits per heavy atom. The molecule has 1 unspecified atom stereocenters. The van der Waals surface area contributed by atoms with E-state index in [1.165, 1.54) is 11.3 Å². The highest BCUT2D eigenvalue weighted by Crippen LogP contribution is 2.29. The fourth-order valence-corrected chi connectivity index (χ4v) is 4.04. The first-order valence-electron chi connectivity index (χ1n) is 8.18. The Labute approximate surface area is 139 Å². The number of carbonyl (C=O) groups excluding carboxylic acids is 2. The summed E-state index contributed by atoms with van der Waals surface area (Å²) in [5, 5.41) is 19.3. The number of carbonyl (C=O) groups is 2. The molecule has 0 aliphatic carbocycles. The van der Waals surface area contributed by atoms with E-state index in [4.69, 9.17) is 0 Å². The summed E-state index contributed by atoms with van der Waals surface area (Å²) in [6, 6.07) is 0. The van der Waals surface area contributed by atoms with Crippen LogP contribution in [-0.2, 0) is 16.0 Å². The number of aromatic nitrogens is 2. The molecule has 7 nitrogen and oxygen atoms in total. The van der Waals surface area contributed by atoms with Crippen molar-refractivity contribution in [2.75, 3.05) is 24.5 Å². The van der Waals surface area contributed by atoms with Crippen molar-refractivity contribution in [3.8, 4) is 0 Å². The van der Waals surface area contributed by atoms with Crippen LogP contribution in [0.3, 0.4) is 0 Å². The van der Waals surface area contributed by atoms with E-state index in [2.05, 4.69) is 17.1 Å². The van der Waals surface area contributed by atoms with Crippen molar-refractivity contribution >= 4 is 28.3 Å². The van der Waals surface area contributed by atoms with Gasteiger partial charge in [0, 0.05) is 32.5 Å². The van der Waals surface area contributed by atoms with Crippen molar-refractivity contribution in [1.29, 1.82) is 0 Å². The number of rotatable bonds is 4. The Morgan fingerprint density at radius 2 is 2.09 bits per heavy atom. The minimum Gasteiger partial charge on any atom is -0.393 e. The Balaban J connectivity index is 1.63. The maximum absolute atomic E-state index is 12.6. The van der Waals surface area contributed by atoms with Crippen molar-refractivity contribution < 1.29 is 14.7 Å². The Bertz CT molecular complexity index is 583. The summed E-state index contributed by atoms with van der Waals surface area (Å²) in [7, 11) is 0. The largest absolute Gasteiger partial charge is 0.393 e. The number of amides is 2. The highest BCUT2D eigenvalue weighted by Gasteiger charge is 2.39. The smallest absolute Gasteiger partial charge is 0.229 e. The summed E-state index contributed by atoms with van der Waals surface area (Å²) in [5.74, 6) is -0.345. The molecule has 0 saturated carbocycles. The van der Waals surface area contributed by atoms with Gasteiger partial charge in [0.05, 0.1) is 12.0 Å². The quantitative estimate of drug-likeness (QED) is 0.878. The Hall–Kier alpha value is -1.54. The molecule has 23 heavy (non-hydrogen) atoms. The molecule has 2 aliphatic rings. The molecule has 1 atom stereocenters. The molecule has 2 saturated heterocycles. The van der Waals surface area contributed by atoms with E-state index >= 15 is 0 Å². The lowest BCUT2D eigenvalue weighted by molar-refractivity contribution is -0.137. The standard InChI is InChI=1S/C15H22N4O3S/c1-2-3-12-16-17-15(23-12)19-9-10(8-13(19)21)14(22)18-6-4-11(20)5-7-18/h10-11,20H,2-9H2,1H3. The number of hydrogen-bond donors (Lipinski definition) is 1. The van der Waals surface area contributed by atoms with Crippen LogP contribution in [0.5, 0.6) is 0 Å². The Kier molecular flexibility index (Phi) is 4.91. The highest BCUT2D eigenvalue weighted by molar-refractivity contribution is 7.15. The lowest BCUT2D eigenvalue weighted by Gasteiger charge is -2.31. The van der Waals surface area contributed by atoms with Gasteiger partial charge in [-0.2, -0.15) is 0 Å². The molecule has 0 radical (unpaired) electrons. The second kappa shape index (κ2) is 6.92. The zero-order valence-electron chi connectivity index (χ0n) is 13.3. The summed E-state index contributed by atoms with van der Waals surface area (Å²) in [6.07, 6.45) is 3.02. The van der Waals surface area contributed by atoms with Crippen LogP contribution in [0.15, 0.2) is 0 Å². The van der Waals surface area contributed by atoms with Gasteiger partial charge in [0.15, 0.2) is 0 Å². The minimum atomic E-state index is -0.309. The van der Waals surface area contributed by atoms with Crippen LogP contribution in [0, 0.1) is 5.92 Å². The van der Waals surface area contributed by atoms with Gasteiger partial charge in [-0.3, -0.25) is 14.5 Å². The van der Waals surface area contributed by atoms with Crippen LogP contribution in [0.25, 0.3) is 0 Å². The first-order valence-corrected chi connectivity index (χ1v) is 8.99. The molecule has 126 valence electrons. The van der Waals surface area contributed by atoms with Gasteiger partial charge in [-0.1, -0.05) is 18.3 Å². The van der Waals surface area contributed by atoms with Gasteiger partial charge in [0.25, 0.3) is 0 Å². The minimum absolute atomic E-state index is 0.0195. The van der Waals surface area contributed by atoms with Gasteiger partial charge in [0.1, 0.15) is 5.01 Å². The van der Waals surface area contributed by atoms with Crippen molar-refractivity contribution in [2.45, 2.75) is 45.1 Å². The van der Waals surface area contributed by atoms with Crippen LogP contribution in [0.1, 0.15) is 37.6 Å². The summed E-state index contributed by atoms with van der Waals surface area (Å²) in [4.78, 5) is 28.2. The normalized spacial score (nSPS) is 22.9. The third kappa shape index (κ3) is 3.53. The zero-order chi connectivity index (χ0) is 16.4. The first-order chi connectivity index (χ1) is 11.1. The summed E-state index contributed by atoms with van der Waals surface area (Å²) < 4.78 is 0. The number of aliphatic hydroxyl groups excluding tert-OH is 1. The van der Waals surface area contributed by atoms with E-state index in [1.54, 1.807) is 9.80 Å². The summed E-state index contributed by atoms with van der Waals surface area (Å²) in [6.45, 7) is 3.61. The number of likely N-dealkylation sites (tertiary alicyclic amines) is 1. The van der Waals surface area contributed by atoms with Gasteiger partial charge >= 0.3 is 0 Å². The summed E-state index contributed by atoms with van der Waals surface area (Å²) in [5.41, 5.74) is 0. The maximum atomic E-state index is 12.6. The predicted octanol–water partition coefficient (Wildman–Crippen LogP) is 0.827. The molecule has 2 fully saturated rings. The molecular formula is C15H22N4O3S. The van der Waals surface area contributed by atoms with Gasteiger partial charge in [-0.05, 0) is 19.3 Å². The average molecular weight is 338 g/mol. The molecule has 1 aromatic rings. The number of anilines is 1. The van der Waals surface area contributed by atoms with Crippen LogP contribution in [0.4, 0.5) is 5.13 Å². The van der Waals surface area contributed by atoms with Gasteiger partial charge < -0.3 is 10.0 Å². The first kappa shape index (κ1) is 16.3. The zero-order valence-corrected chi connectivity index (χ0v) is 14.1. The number of nitrogens with zero attached hydrogens (tertiary/aromatic N) is 4.